The van der Waals surface area contributed by atoms with Crippen LogP contribution < -0.4 is 17.2 Å². The summed E-state index contributed by atoms with van der Waals surface area (Å²) in [5, 5.41) is 23.5. The van der Waals surface area contributed by atoms with Crippen molar-refractivity contribution in [2.75, 3.05) is 51.5 Å². The van der Waals surface area contributed by atoms with Gasteiger partial charge in [0.1, 0.15) is 47.7 Å². The first kappa shape index (κ1) is 44.9. The van der Waals surface area contributed by atoms with Crippen molar-refractivity contribution in [1.82, 2.24) is 34.0 Å². The maximum atomic E-state index is 14.3. The highest BCUT2D eigenvalue weighted by atomic mass is 31.2. The maximum absolute atomic E-state index is 14.3. The number of aliphatic hydroxyl groups excluding tert-OH is 1. The van der Waals surface area contributed by atoms with Gasteiger partial charge in [-0.3, -0.25) is 23.0 Å². The molecule has 9 N–H and O–H groups in total. The smallest absolute Gasteiger partial charge is 0.455 e. The number of aromatic nitrogens is 6. The molecule has 5 rings (SSSR count). The van der Waals surface area contributed by atoms with E-state index in [9.17, 15) is 48.4 Å². The van der Waals surface area contributed by atoms with Gasteiger partial charge in [0, 0.05) is 39.3 Å². The van der Waals surface area contributed by atoms with Crippen molar-refractivity contribution < 1.29 is 71.6 Å². The van der Waals surface area contributed by atoms with Crippen molar-refractivity contribution in [3.8, 4) is 0 Å². The van der Waals surface area contributed by atoms with Gasteiger partial charge in [-0.25, -0.2) is 29.1 Å². The number of imidazole rings is 1. The summed E-state index contributed by atoms with van der Waals surface area (Å²) in [6.45, 7) is 2.74. The molecule has 9 atom stereocenters. The molecule has 320 valence electrons. The molecule has 0 radical (unpaired) electrons. The molecule has 0 spiro atoms. The molecule has 0 saturated carbocycles. The number of hydrogen-bond acceptors (Lipinski definition) is 19. The normalized spacial score (nSPS) is 26.3. The van der Waals surface area contributed by atoms with Crippen LogP contribution in [0.15, 0.2) is 42.4 Å². The molecule has 2 aliphatic heterocycles. The van der Waals surface area contributed by atoms with Crippen LogP contribution in [0.3, 0.4) is 0 Å². The Morgan fingerprint density at radius 2 is 1.90 bits per heavy atom. The molecular weight excluding hydrogens is 816 g/mol. The van der Waals surface area contributed by atoms with Gasteiger partial charge in [-0.15, -0.1) is 6.58 Å². The van der Waals surface area contributed by atoms with Gasteiger partial charge in [0.2, 0.25) is 5.91 Å². The summed E-state index contributed by atoms with van der Waals surface area (Å²) in [6, 6.07) is -0.148. The highest BCUT2D eigenvalue weighted by Gasteiger charge is 2.61. The number of carbonyl (C=O) groups is 2. The molecule has 58 heavy (non-hydrogen) atoms. The lowest BCUT2D eigenvalue weighted by atomic mass is 10.1. The number of allylic oxidation sites excluding steroid dienone is 1. The van der Waals surface area contributed by atoms with Gasteiger partial charge in [-0.05, 0) is 19.4 Å². The Balaban J connectivity index is 1.49. The topological polar surface area (TPSA) is 359 Å². The molecule has 0 aromatic carbocycles. The number of nitrogen functional groups attached to an aromatic ring is 2. The van der Waals surface area contributed by atoms with Crippen molar-refractivity contribution in [3.63, 3.8) is 0 Å². The number of carbonyl (C=O) groups excluding carboxylic acids is 2. The van der Waals surface area contributed by atoms with Crippen LogP contribution in [0, 0.1) is 0 Å². The Hall–Kier alpha value is -4.23. The first-order valence-electron chi connectivity index (χ1n) is 17.6. The van der Waals surface area contributed by atoms with Crippen LogP contribution in [0.5, 0.6) is 0 Å². The number of rotatable bonds is 19. The van der Waals surface area contributed by atoms with Gasteiger partial charge in [-0.2, -0.15) is 4.98 Å². The fourth-order valence-electron chi connectivity index (χ4n) is 6.55. The van der Waals surface area contributed by atoms with Gasteiger partial charge in [0.25, 0.3) is 0 Å². The molecule has 3 aromatic heterocycles. The van der Waals surface area contributed by atoms with Crippen molar-refractivity contribution in [2.24, 2.45) is 0 Å². The number of amides is 1. The number of nitrogens with zero attached hydrogens (tertiary/aromatic N) is 7. The standard InChI is InChI=1S/C31H45N9O16P2/c1-4-6-7-21(41)38(3)17(9-11-51-5-2)29(43)56-24-18(55-28(23(24)42)39-16-36-22-26(33)34-15-35-27(22)39)12-53-57(46,47)25-19(13-54-58(48,49)50)52-14-31(25,45)40-10-8-20(32)37-30(40)44/h4,8,10,15-19,23-25,28,42,45H,1,5-7,9,11-14H2,2-3H3,(H,46,47)(H2,32,37,44)(H2,33,34,35)(H2,48,49,50)/t17-,18+,19+,23+,24+,25+,28+,31-/m0/s1. The second kappa shape index (κ2) is 18.4. The number of hydrogen-bond donors (Lipinski definition) is 7. The fourth-order valence-corrected chi connectivity index (χ4v) is 8.73. The van der Waals surface area contributed by atoms with Crippen LogP contribution in [0.4, 0.5) is 11.6 Å². The Morgan fingerprint density at radius 3 is 2.57 bits per heavy atom. The molecule has 1 amide bonds. The predicted octanol–water partition coefficient (Wildman–Crippen LogP) is -1.64. The Bertz CT molecular complexity index is 2120. The van der Waals surface area contributed by atoms with Gasteiger partial charge >= 0.3 is 27.1 Å². The Morgan fingerprint density at radius 1 is 1.17 bits per heavy atom. The predicted molar refractivity (Wildman–Crippen MR) is 197 cm³/mol. The van der Waals surface area contributed by atoms with Crippen LogP contribution in [0.25, 0.3) is 11.2 Å². The van der Waals surface area contributed by atoms with Crippen LogP contribution in [0.2, 0.25) is 0 Å². The van der Waals surface area contributed by atoms with E-state index in [1.165, 1.54) is 24.0 Å². The van der Waals surface area contributed by atoms with E-state index >= 15 is 0 Å². The molecule has 5 heterocycles. The summed E-state index contributed by atoms with van der Waals surface area (Å²) >= 11 is 0. The summed E-state index contributed by atoms with van der Waals surface area (Å²) in [5.41, 5.74) is 5.60. The van der Waals surface area contributed by atoms with Crippen molar-refractivity contribution in [2.45, 2.75) is 74.3 Å². The first-order chi connectivity index (χ1) is 27.3. The number of aliphatic hydroxyl groups is 2. The molecule has 3 aromatic rings. The molecule has 2 saturated heterocycles. The highest BCUT2D eigenvalue weighted by Crippen LogP contribution is 2.58. The lowest BCUT2D eigenvalue weighted by molar-refractivity contribution is -0.166. The fraction of sp³-hybridized carbons (Fsp3) is 0.581. The molecule has 25 nitrogen and oxygen atoms in total. The van der Waals surface area contributed by atoms with E-state index in [0.717, 1.165) is 23.5 Å². The van der Waals surface area contributed by atoms with E-state index in [4.69, 9.17) is 34.9 Å². The molecular formula is C31H45N9O16P2. The third kappa shape index (κ3) is 9.79. The first-order valence-corrected chi connectivity index (χ1v) is 20.8. The molecule has 0 aliphatic carbocycles. The highest BCUT2D eigenvalue weighted by molar-refractivity contribution is 7.53. The van der Waals surface area contributed by atoms with E-state index in [0.29, 0.717) is 17.6 Å². The summed E-state index contributed by atoms with van der Waals surface area (Å²) < 4.78 is 60.4. The minimum Gasteiger partial charge on any atom is -0.455 e. The van der Waals surface area contributed by atoms with Crippen LogP contribution >= 0.6 is 15.4 Å². The number of fused-ring (bicyclic) bond motifs is 1. The summed E-state index contributed by atoms with van der Waals surface area (Å²) in [5.74, 6) is -1.71. The van der Waals surface area contributed by atoms with Crippen LogP contribution in [-0.4, -0.2) is 147 Å². The van der Waals surface area contributed by atoms with E-state index in [1.54, 1.807) is 6.92 Å². The van der Waals surface area contributed by atoms with Gasteiger partial charge < -0.3 is 64.7 Å². The lowest BCUT2D eigenvalue weighted by Gasteiger charge is -2.34. The third-order valence-corrected chi connectivity index (χ3v) is 11.9. The Labute approximate surface area is 329 Å². The SMILES string of the molecule is C=CCCC(=O)N(C)[C@@H](CCOCC)C(=O)O[C@H]1[C@@H](O)[C@H](n2cnc3c(N)ncnc32)O[C@@H]1COP(=O)(O)[C@@H]1[C@@H](COP(=O)(O)O)OC[C@@]1(O)n1ccc(N)nc1=O. The minimum atomic E-state index is -5.40. The maximum Gasteiger partial charge on any atom is 0.469 e. The zero-order chi connectivity index (χ0) is 42.6. The van der Waals surface area contributed by atoms with Gasteiger partial charge in [0.15, 0.2) is 29.5 Å². The monoisotopic (exact) mass is 861 g/mol. The van der Waals surface area contributed by atoms with Crippen molar-refractivity contribution in [1.29, 1.82) is 0 Å². The number of nitrogens with two attached hydrogens (primary N) is 2. The second-order valence-electron chi connectivity index (χ2n) is 13.2. The van der Waals surface area contributed by atoms with E-state index in [-0.39, 0.29) is 42.2 Å². The zero-order valence-electron chi connectivity index (χ0n) is 31.2. The number of phosphoric ester groups is 1. The van der Waals surface area contributed by atoms with E-state index < -0.39 is 101 Å². The number of phosphoric acid groups is 1. The molecule has 27 heteroatoms. The van der Waals surface area contributed by atoms with Crippen molar-refractivity contribution >= 4 is 50.1 Å². The zero-order valence-corrected chi connectivity index (χ0v) is 33.0. The number of anilines is 2. The second-order valence-corrected chi connectivity index (χ2v) is 16.4. The quantitative estimate of drug-likeness (QED) is 0.0307. The molecule has 2 fully saturated rings. The third-order valence-electron chi connectivity index (χ3n) is 9.42. The van der Waals surface area contributed by atoms with Crippen LogP contribution in [-0.2, 0) is 52.4 Å². The number of esters is 1. The molecule has 1 unspecified atom stereocenters. The van der Waals surface area contributed by atoms with Gasteiger partial charge in [-0.1, -0.05) is 6.08 Å². The number of ether oxygens (including phenoxy) is 4. The lowest BCUT2D eigenvalue weighted by Crippen LogP contribution is -2.52. The average Bonchev–Trinajstić information content (AvgIpc) is 3.84. The van der Waals surface area contributed by atoms with Gasteiger partial charge in [0.05, 0.1) is 26.1 Å². The van der Waals surface area contributed by atoms with E-state index in [2.05, 4.69) is 31.0 Å². The van der Waals surface area contributed by atoms with Crippen LogP contribution in [0.1, 0.15) is 32.4 Å². The summed E-state index contributed by atoms with van der Waals surface area (Å²) in [4.78, 5) is 86.9. The molecule has 2 aliphatic rings. The van der Waals surface area contributed by atoms with E-state index in [1.807, 2.05) is 0 Å². The largest absolute Gasteiger partial charge is 0.469 e. The summed E-state index contributed by atoms with van der Waals surface area (Å²) in [6.07, 6.45) is -3.19. The number of likely N-dealkylation sites (N-methyl/N-ethyl adjacent to an activating group) is 1. The minimum absolute atomic E-state index is 0.0134. The van der Waals surface area contributed by atoms with Crippen molar-refractivity contribution in [3.05, 3.63) is 48.1 Å². The summed E-state index contributed by atoms with van der Waals surface area (Å²) in [7, 11) is -9.21. The average molecular weight is 862 g/mol. The molecule has 0 bridgehead atoms. The Kier molecular flexibility index (Phi) is 14.2.